The molecule has 2 aliphatic rings. The molecule has 0 spiro atoms. The SMILES string of the molecule is CC(=O)NC1CCC(N2CCN(c3ccccc3OC(C)C)CC2)CC1. The minimum atomic E-state index is 0.101. The van der Waals surface area contributed by atoms with Crippen molar-refractivity contribution in [2.45, 2.75) is 64.6 Å². The van der Waals surface area contributed by atoms with E-state index in [1.165, 1.54) is 18.5 Å². The molecule has 1 saturated heterocycles. The molecule has 0 radical (unpaired) electrons. The number of carbonyl (C=O) groups excluding carboxylic acids is 1. The molecule has 1 amide bonds. The maximum Gasteiger partial charge on any atom is 0.217 e. The fourth-order valence-electron chi connectivity index (χ4n) is 4.27. The van der Waals surface area contributed by atoms with Crippen LogP contribution in [0.3, 0.4) is 0 Å². The Labute approximate surface area is 157 Å². The second kappa shape index (κ2) is 8.76. The molecule has 5 heteroatoms. The van der Waals surface area contributed by atoms with Crippen LogP contribution in [0.15, 0.2) is 24.3 Å². The van der Waals surface area contributed by atoms with Gasteiger partial charge in [0.2, 0.25) is 5.91 Å². The maximum atomic E-state index is 11.2. The molecule has 1 heterocycles. The average molecular weight is 360 g/mol. The largest absolute Gasteiger partial charge is 0.489 e. The summed E-state index contributed by atoms with van der Waals surface area (Å²) in [5.74, 6) is 1.09. The Bertz CT molecular complexity index is 589. The van der Waals surface area contributed by atoms with Crippen LogP contribution in [0.2, 0.25) is 0 Å². The molecule has 0 atom stereocenters. The fraction of sp³-hybridized carbons (Fsp3) is 0.667. The number of hydrogen-bond acceptors (Lipinski definition) is 4. The van der Waals surface area contributed by atoms with Crippen molar-refractivity contribution in [1.82, 2.24) is 10.2 Å². The van der Waals surface area contributed by atoms with Gasteiger partial charge in [-0.25, -0.2) is 0 Å². The molecule has 1 aromatic carbocycles. The minimum absolute atomic E-state index is 0.101. The van der Waals surface area contributed by atoms with Crippen LogP contribution in [0.4, 0.5) is 5.69 Å². The summed E-state index contributed by atoms with van der Waals surface area (Å²) in [6.45, 7) is 10.1. The van der Waals surface area contributed by atoms with Crippen LogP contribution >= 0.6 is 0 Å². The first-order valence-corrected chi connectivity index (χ1v) is 10.0. The number of anilines is 1. The van der Waals surface area contributed by atoms with Crippen LogP contribution in [-0.4, -0.2) is 55.2 Å². The van der Waals surface area contributed by atoms with Crippen molar-refractivity contribution in [3.05, 3.63) is 24.3 Å². The molecular formula is C21H33N3O2. The molecule has 144 valence electrons. The lowest BCUT2D eigenvalue weighted by molar-refractivity contribution is -0.119. The van der Waals surface area contributed by atoms with Crippen molar-refractivity contribution in [2.75, 3.05) is 31.1 Å². The van der Waals surface area contributed by atoms with Gasteiger partial charge in [-0.15, -0.1) is 0 Å². The van der Waals surface area contributed by atoms with E-state index in [1.807, 2.05) is 6.07 Å². The van der Waals surface area contributed by atoms with E-state index >= 15 is 0 Å². The van der Waals surface area contributed by atoms with E-state index in [0.29, 0.717) is 12.1 Å². The molecule has 1 aromatic rings. The molecule has 0 aromatic heterocycles. The normalized spacial score (nSPS) is 24.5. The van der Waals surface area contributed by atoms with Crippen molar-refractivity contribution in [1.29, 1.82) is 0 Å². The van der Waals surface area contributed by atoms with Crippen LogP contribution in [0.25, 0.3) is 0 Å². The quantitative estimate of drug-likeness (QED) is 0.878. The highest BCUT2D eigenvalue weighted by molar-refractivity contribution is 5.73. The summed E-state index contributed by atoms with van der Waals surface area (Å²) in [5.41, 5.74) is 1.22. The molecular weight excluding hydrogens is 326 g/mol. The van der Waals surface area contributed by atoms with Gasteiger partial charge >= 0.3 is 0 Å². The fourth-order valence-corrected chi connectivity index (χ4v) is 4.27. The molecule has 1 aliphatic carbocycles. The zero-order valence-electron chi connectivity index (χ0n) is 16.4. The Kier molecular flexibility index (Phi) is 6.41. The molecule has 1 saturated carbocycles. The van der Waals surface area contributed by atoms with Gasteiger partial charge in [0.15, 0.2) is 0 Å². The molecule has 1 N–H and O–H groups in total. The highest BCUT2D eigenvalue weighted by Crippen LogP contribution is 2.31. The standard InChI is InChI=1S/C21H33N3O2/c1-16(2)26-21-7-5-4-6-20(21)24-14-12-23(13-15-24)19-10-8-18(9-11-19)22-17(3)25/h4-7,16,18-19H,8-15H2,1-3H3,(H,22,25). The van der Waals surface area contributed by atoms with Crippen molar-refractivity contribution in [3.8, 4) is 5.75 Å². The number of benzene rings is 1. The second-order valence-corrected chi connectivity index (χ2v) is 7.86. The van der Waals surface area contributed by atoms with Crippen LogP contribution in [0, 0.1) is 0 Å². The zero-order chi connectivity index (χ0) is 18.5. The first-order chi connectivity index (χ1) is 12.5. The van der Waals surface area contributed by atoms with Crippen molar-refractivity contribution >= 4 is 11.6 Å². The summed E-state index contributed by atoms with van der Waals surface area (Å²) in [4.78, 5) is 16.3. The Balaban J connectivity index is 1.52. The number of amides is 1. The first-order valence-electron chi connectivity index (χ1n) is 10.0. The number of nitrogens with zero attached hydrogens (tertiary/aromatic N) is 2. The Hall–Kier alpha value is -1.75. The van der Waals surface area contributed by atoms with E-state index in [-0.39, 0.29) is 12.0 Å². The van der Waals surface area contributed by atoms with E-state index in [9.17, 15) is 4.79 Å². The average Bonchev–Trinajstić information content (AvgIpc) is 2.62. The molecule has 0 bridgehead atoms. The van der Waals surface area contributed by atoms with E-state index in [4.69, 9.17) is 4.74 Å². The predicted octanol–water partition coefficient (Wildman–Crippen LogP) is 3.04. The second-order valence-electron chi connectivity index (χ2n) is 7.86. The number of piperazine rings is 1. The van der Waals surface area contributed by atoms with Crippen molar-refractivity contribution in [3.63, 3.8) is 0 Å². The van der Waals surface area contributed by atoms with Crippen molar-refractivity contribution < 1.29 is 9.53 Å². The number of para-hydroxylation sites is 2. The minimum Gasteiger partial charge on any atom is -0.489 e. The van der Waals surface area contributed by atoms with Gasteiger partial charge in [-0.2, -0.15) is 0 Å². The number of hydrogen-bond donors (Lipinski definition) is 1. The summed E-state index contributed by atoms with van der Waals surface area (Å²) in [7, 11) is 0. The highest BCUT2D eigenvalue weighted by atomic mass is 16.5. The predicted molar refractivity (Wildman–Crippen MR) is 106 cm³/mol. The molecule has 0 unspecified atom stereocenters. The summed E-state index contributed by atoms with van der Waals surface area (Å²) in [5, 5.41) is 3.08. The van der Waals surface area contributed by atoms with E-state index in [1.54, 1.807) is 6.92 Å². The van der Waals surface area contributed by atoms with Gasteiger partial charge in [0.05, 0.1) is 11.8 Å². The Morgan fingerprint density at radius 3 is 2.35 bits per heavy atom. The lowest BCUT2D eigenvalue weighted by Gasteiger charge is -2.43. The summed E-state index contributed by atoms with van der Waals surface area (Å²) < 4.78 is 6.00. The highest BCUT2D eigenvalue weighted by Gasteiger charge is 2.29. The molecule has 3 rings (SSSR count). The Morgan fingerprint density at radius 2 is 1.73 bits per heavy atom. The van der Waals surface area contributed by atoms with Gasteiger partial charge in [0.25, 0.3) is 0 Å². The summed E-state index contributed by atoms with van der Waals surface area (Å²) in [6, 6.07) is 9.44. The van der Waals surface area contributed by atoms with E-state index in [0.717, 1.165) is 44.8 Å². The zero-order valence-corrected chi connectivity index (χ0v) is 16.4. The lowest BCUT2D eigenvalue weighted by atomic mass is 9.89. The lowest BCUT2D eigenvalue weighted by Crippen LogP contribution is -2.52. The van der Waals surface area contributed by atoms with E-state index < -0.39 is 0 Å². The molecule has 26 heavy (non-hydrogen) atoms. The van der Waals surface area contributed by atoms with Crippen LogP contribution < -0.4 is 15.0 Å². The smallest absolute Gasteiger partial charge is 0.217 e. The van der Waals surface area contributed by atoms with Gasteiger partial charge in [-0.3, -0.25) is 9.69 Å². The van der Waals surface area contributed by atoms with Crippen molar-refractivity contribution in [2.24, 2.45) is 0 Å². The van der Waals surface area contributed by atoms with Gasteiger partial charge in [0.1, 0.15) is 5.75 Å². The maximum absolute atomic E-state index is 11.2. The molecule has 2 fully saturated rings. The number of ether oxygens (including phenoxy) is 1. The number of nitrogens with one attached hydrogen (secondary N) is 1. The van der Waals surface area contributed by atoms with Gasteiger partial charge in [-0.05, 0) is 51.7 Å². The first kappa shape index (κ1) is 19.0. The number of rotatable bonds is 5. The van der Waals surface area contributed by atoms with Gasteiger partial charge in [-0.1, -0.05) is 12.1 Å². The molecule has 1 aliphatic heterocycles. The third-order valence-corrected chi connectivity index (χ3v) is 5.50. The third-order valence-electron chi connectivity index (χ3n) is 5.50. The summed E-state index contributed by atoms with van der Waals surface area (Å²) in [6.07, 6.45) is 4.79. The van der Waals surface area contributed by atoms with E-state index in [2.05, 4.69) is 47.2 Å². The van der Waals surface area contributed by atoms with Gasteiger partial charge in [0, 0.05) is 45.2 Å². The Morgan fingerprint density at radius 1 is 1.08 bits per heavy atom. The van der Waals surface area contributed by atoms with Crippen LogP contribution in [-0.2, 0) is 4.79 Å². The monoisotopic (exact) mass is 359 g/mol. The third kappa shape index (κ3) is 4.91. The topological polar surface area (TPSA) is 44.8 Å². The molecule has 5 nitrogen and oxygen atoms in total. The van der Waals surface area contributed by atoms with Gasteiger partial charge < -0.3 is 15.0 Å². The van der Waals surface area contributed by atoms with Crippen LogP contribution in [0.1, 0.15) is 46.5 Å². The van der Waals surface area contributed by atoms with Crippen LogP contribution in [0.5, 0.6) is 5.75 Å². The number of carbonyl (C=O) groups is 1. The summed E-state index contributed by atoms with van der Waals surface area (Å²) >= 11 is 0.